The Morgan fingerprint density at radius 2 is 1.56 bits per heavy atom. The van der Waals surface area contributed by atoms with E-state index in [0.29, 0.717) is 23.7 Å². The smallest absolute Gasteiger partial charge is 0.305 e. The van der Waals surface area contributed by atoms with Gasteiger partial charge in [0.25, 0.3) is 5.91 Å². The van der Waals surface area contributed by atoms with Crippen molar-refractivity contribution in [1.29, 1.82) is 0 Å². The summed E-state index contributed by atoms with van der Waals surface area (Å²) in [4.78, 5) is 43.9. The average molecular weight is 596 g/mol. The fraction of sp³-hybridized carbons (Fsp3) is 0.257. The molecule has 2 atom stereocenters. The first-order chi connectivity index (χ1) is 20.8. The van der Waals surface area contributed by atoms with E-state index in [1.54, 1.807) is 24.5 Å². The van der Waals surface area contributed by atoms with Crippen LogP contribution in [-0.4, -0.2) is 39.3 Å². The topological polar surface area (TPSA) is 99.6 Å². The summed E-state index contributed by atoms with van der Waals surface area (Å²) in [5.74, 6) is -1.81. The van der Waals surface area contributed by atoms with Crippen molar-refractivity contribution in [2.24, 2.45) is 0 Å². The molecule has 1 aliphatic rings. The largest absolute Gasteiger partial charge is 0.481 e. The number of nitrogens with one attached hydrogen (secondary N) is 1. The van der Waals surface area contributed by atoms with Crippen LogP contribution >= 0.6 is 11.6 Å². The Morgan fingerprint density at radius 3 is 2.23 bits per heavy atom. The standard InChI is InChI=1S/C35H34ClN3O4/c1-2-3-31(24-4-6-26(7-5-24)34(42)38-19-16-32(40)41)33(25-10-12-30(36)13-11-25)35(43)39-21-28-9-8-27(20-29(28)22-39)23-14-17-37-18-15-23/h4-15,17-18,20,31,33H,2-3,16,19,21-22H2,1H3,(H,38,42)(H,40,41). The highest BCUT2D eigenvalue weighted by Gasteiger charge is 2.36. The number of rotatable bonds is 11. The molecule has 1 aliphatic heterocycles. The molecule has 0 spiro atoms. The number of nitrogens with zero attached hydrogens (tertiary/aromatic N) is 2. The van der Waals surface area contributed by atoms with Gasteiger partial charge in [0.1, 0.15) is 0 Å². The highest BCUT2D eigenvalue weighted by atomic mass is 35.5. The summed E-state index contributed by atoms with van der Waals surface area (Å²) in [6.45, 7) is 3.24. The lowest BCUT2D eigenvalue weighted by atomic mass is 9.77. The van der Waals surface area contributed by atoms with Crippen LogP contribution in [-0.2, 0) is 22.7 Å². The van der Waals surface area contributed by atoms with Crippen molar-refractivity contribution in [3.05, 3.63) is 124 Å². The van der Waals surface area contributed by atoms with Crippen molar-refractivity contribution in [2.45, 2.75) is 51.1 Å². The molecule has 0 saturated carbocycles. The predicted octanol–water partition coefficient (Wildman–Crippen LogP) is 6.82. The van der Waals surface area contributed by atoms with Gasteiger partial charge in [-0.25, -0.2) is 0 Å². The van der Waals surface area contributed by atoms with Crippen LogP contribution in [0.25, 0.3) is 11.1 Å². The van der Waals surface area contributed by atoms with Crippen molar-refractivity contribution in [3.63, 3.8) is 0 Å². The molecule has 0 radical (unpaired) electrons. The van der Waals surface area contributed by atoms with Gasteiger partial charge in [-0.3, -0.25) is 19.4 Å². The number of hydrogen-bond acceptors (Lipinski definition) is 4. The number of carboxylic acid groups (broad SMARTS) is 1. The minimum absolute atomic E-state index is 0.0536. The number of hydrogen-bond donors (Lipinski definition) is 2. The molecule has 2 amide bonds. The van der Waals surface area contributed by atoms with Crippen LogP contribution in [0.3, 0.4) is 0 Å². The van der Waals surface area contributed by atoms with Crippen LogP contribution in [0.1, 0.15) is 70.6 Å². The summed E-state index contributed by atoms with van der Waals surface area (Å²) in [7, 11) is 0. The molecule has 0 saturated heterocycles. The molecule has 4 aromatic rings. The summed E-state index contributed by atoms with van der Waals surface area (Å²) < 4.78 is 0. The van der Waals surface area contributed by atoms with E-state index in [-0.39, 0.29) is 30.7 Å². The maximum Gasteiger partial charge on any atom is 0.305 e. The Hall–Kier alpha value is -4.49. The monoisotopic (exact) mass is 595 g/mol. The molecule has 1 aromatic heterocycles. The lowest BCUT2D eigenvalue weighted by Crippen LogP contribution is -2.34. The van der Waals surface area contributed by atoms with Crippen LogP contribution in [0, 0.1) is 0 Å². The average Bonchev–Trinajstić information content (AvgIpc) is 3.46. The molecule has 43 heavy (non-hydrogen) atoms. The fourth-order valence-electron chi connectivity index (χ4n) is 5.79. The summed E-state index contributed by atoms with van der Waals surface area (Å²) >= 11 is 6.24. The van der Waals surface area contributed by atoms with Crippen LogP contribution in [0.15, 0.2) is 91.3 Å². The quantitative estimate of drug-likeness (QED) is 0.198. The Kier molecular flexibility index (Phi) is 9.52. The molecule has 8 heteroatoms. The molecule has 7 nitrogen and oxygen atoms in total. The van der Waals surface area contributed by atoms with E-state index in [0.717, 1.165) is 46.2 Å². The predicted molar refractivity (Wildman–Crippen MR) is 167 cm³/mol. The van der Waals surface area contributed by atoms with Crippen LogP contribution in [0.2, 0.25) is 5.02 Å². The maximum absolute atomic E-state index is 14.5. The molecule has 5 rings (SSSR count). The van der Waals surface area contributed by atoms with Crippen molar-refractivity contribution in [3.8, 4) is 11.1 Å². The lowest BCUT2D eigenvalue weighted by Gasteiger charge is -2.31. The zero-order valence-electron chi connectivity index (χ0n) is 24.0. The van der Waals surface area contributed by atoms with Gasteiger partial charge >= 0.3 is 5.97 Å². The number of amides is 2. The number of benzene rings is 3. The van der Waals surface area contributed by atoms with Crippen molar-refractivity contribution < 1.29 is 19.5 Å². The Morgan fingerprint density at radius 1 is 0.884 bits per heavy atom. The van der Waals surface area contributed by atoms with E-state index in [2.05, 4.69) is 35.4 Å². The third-order valence-electron chi connectivity index (χ3n) is 7.98. The van der Waals surface area contributed by atoms with E-state index in [4.69, 9.17) is 16.7 Å². The molecule has 0 bridgehead atoms. The van der Waals surface area contributed by atoms with E-state index in [1.807, 2.05) is 53.4 Å². The minimum atomic E-state index is -0.966. The van der Waals surface area contributed by atoms with Gasteiger partial charge < -0.3 is 15.3 Å². The number of aliphatic carboxylic acids is 1. The zero-order chi connectivity index (χ0) is 30.3. The number of carbonyl (C=O) groups is 3. The first-order valence-electron chi connectivity index (χ1n) is 14.5. The second-order valence-electron chi connectivity index (χ2n) is 10.9. The summed E-state index contributed by atoms with van der Waals surface area (Å²) in [6.07, 6.45) is 5.06. The number of carbonyl (C=O) groups excluding carboxylic acids is 2. The van der Waals surface area contributed by atoms with Crippen molar-refractivity contribution >= 4 is 29.4 Å². The SMILES string of the molecule is CCCC(c1ccc(C(=O)NCCC(=O)O)cc1)C(C(=O)N1Cc2ccc(-c3ccncc3)cc2C1)c1ccc(Cl)cc1. The van der Waals surface area contributed by atoms with E-state index in [1.165, 1.54) is 0 Å². The Labute approximate surface area is 256 Å². The fourth-order valence-corrected chi connectivity index (χ4v) is 5.92. The normalized spacial score (nSPS) is 13.7. The van der Waals surface area contributed by atoms with Crippen molar-refractivity contribution in [1.82, 2.24) is 15.2 Å². The van der Waals surface area contributed by atoms with Gasteiger partial charge in [0.05, 0.1) is 12.3 Å². The zero-order valence-corrected chi connectivity index (χ0v) is 24.8. The van der Waals surface area contributed by atoms with Gasteiger partial charge in [0.2, 0.25) is 5.91 Å². The molecular formula is C35H34ClN3O4. The van der Waals surface area contributed by atoms with Crippen LogP contribution < -0.4 is 5.32 Å². The van der Waals surface area contributed by atoms with E-state index in [9.17, 15) is 14.4 Å². The van der Waals surface area contributed by atoms with Gasteiger partial charge in [-0.05, 0) is 88.2 Å². The number of fused-ring (bicyclic) bond motifs is 1. The molecule has 2 heterocycles. The first-order valence-corrected chi connectivity index (χ1v) is 14.9. The van der Waals surface area contributed by atoms with E-state index >= 15 is 0 Å². The molecule has 2 N–H and O–H groups in total. The number of pyridine rings is 1. The Balaban J connectivity index is 1.42. The highest BCUT2D eigenvalue weighted by Crippen LogP contribution is 2.40. The highest BCUT2D eigenvalue weighted by molar-refractivity contribution is 6.30. The van der Waals surface area contributed by atoms with Crippen LogP contribution in [0.5, 0.6) is 0 Å². The number of carboxylic acids is 1. The number of halogens is 1. The van der Waals surface area contributed by atoms with E-state index < -0.39 is 11.9 Å². The first kappa shape index (κ1) is 30.0. The summed E-state index contributed by atoms with van der Waals surface area (Å²) in [6, 6.07) is 25.1. The van der Waals surface area contributed by atoms with Gasteiger partial charge in [-0.1, -0.05) is 61.3 Å². The third kappa shape index (κ3) is 7.12. The molecular weight excluding hydrogens is 562 g/mol. The molecule has 3 aromatic carbocycles. The lowest BCUT2D eigenvalue weighted by molar-refractivity contribution is -0.137. The third-order valence-corrected chi connectivity index (χ3v) is 8.23. The van der Waals surface area contributed by atoms with Crippen LogP contribution in [0.4, 0.5) is 0 Å². The minimum Gasteiger partial charge on any atom is -0.481 e. The number of aromatic nitrogens is 1. The Bertz CT molecular complexity index is 1590. The van der Waals surface area contributed by atoms with Gasteiger partial charge in [0.15, 0.2) is 0 Å². The van der Waals surface area contributed by atoms with Gasteiger partial charge in [-0.2, -0.15) is 0 Å². The molecule has 2 unspecified atom stereocenters. The summed E-state index contributed by atoms with van der Waals surface area (Å²) in [5, 5.41) is 12.1. The maximum atomic E-state index is 14.5. The second kappa shape index (κ2) is 13.7. The van der Waals surface area contributed by atoms with Crippen molar-refractivity contribution in [2.75, 3.05) is 6.54 Å². The molecule has 0 aliphatic carbocycles. The summed E-state index contributed by atoms with van der Waals surface area (Å²) in [5.41, 5.74) is 6.78. The molecule has 220 valence electrons. The van der Waals surface area contributed by atoms with Gasteiger partial charge in [-0.15, -0.1) is 0 Å². The second-order valence-corrected chi connectivity index (χ2v) is 11.3. The van der Waals surface area contributed by atoms with Gasteiger partial charge in [0, 0.05) is 42.6 Å². The molecule has 0 fully saturated rings.